The van der Waals surface area contributed by atoms with E-state index in [-0.39, 0.29) is 17.6 Å². The van der Waals surface area contributed by atoms with Crippen LogP contribution in [0.4, 0.5) is 4.39 Å². The highest BCUT2D eigenvalue weighted by molar-refractivity contribution is 5.77. The van der Waals surface area contributed by atoms with E-state index in [0.717, 1.165) is 37.3 Å². The van der Waals surface area contributed by atoms with Gasteiger partial charge < -0.3 is 9.73 Å². The van der Waals surface area contributed by atoms with Crippen LogP contribution in [0.15, 0.2) is 47.1 Å². The summed E-state index contributed by atoms with van der Waals surface area (Å²) in [6.45, 7) is 2.42. The lowest BCUT2D eigenvalue weighted by molar-refractivity contribution is -0.122. The maximum Gasteiger partial charge on any atom is 0.234 e. The summed E-state index contributed by atoms with van der Waals surface area (Å²) in [5.74, 6) is 0.864. The Morgan fingerprint density at radius 2 is 2.00 bits per heavy atom. The zero-order valence-corrected chi connectivity index (χ0v) is 13.0. The van der Waals surface area contributed by atoms with Crippen LogP contribution in [-0.2, 0) is 11.3 Å². The number of hydrogen-bond donors (Lipinski definition) is 1. The lowest BCUT2D eigenvalue weighted by Crippen LogP contribution is -2.41. The van der Waals surface area contributed by atoms with Crippen molar-refractivity contribution in [2.24, 2.45) is 0 Å². The summed E-state index contributed by atoms with van der Waals surface area (Å²) >= 11 is 0. The largest absolute Gasteiger partial charge is 0.467 e. The van der Waals surface area contributed by atoms with E-state index >= 15 is 0 Å². The third kappa shape index (κ3) is 4.20. The molecule has 5 heteroatoms. The van der Waals surface area contributed by atoms with Crippen LogP contribution in [0.5, 0.6) is 0 Å². The van der Waals surface area contributed by atoms with Gasteiger partial charge in [-0.2, -0.15) is 0 Å². The molecule has 1 N–H and O–H groups in total. The molecule has 1 aliphatic rings. The van der Waals surface area contributed by atoms with Gasteiger partial charge in [-0.3, -0.25) is 9.69 Å². The van der Waals surface area contributed by atoms with E-state index in [1.54, 1.807) is 18.4 Å². The van der Waals surface area contributed by atoms with Gasteiger partial charge in [0.25, 0.3) is 0 Å². The van der Waals surface area contributed by atoms with E-state index in [1.165, 1.54) is 6.07 Å². The summed E-state index contributed by atoms with van der Waals surface area (Å²) < 4.78 is 19.0. The molecule has 0 aliphatic carbocycles. The first-order valence-electron chi connectivity index (χ1n) is 7.98. The molecule has 4 nitrogen and oxygen atoms in total. The average Bonchev–Trinajstić information content (AvgIpc) is 3.08. The number of rotatable bonds is 5. The molecule has 0 spiro atoms. The molecule has 0 saturated carbocycles. The van der Waals surface area contributed by atoms with Crippen molar-refractivity contribution in [2.75, 3.05) is 19.6 Å². The van der Waals surface area contributed by atoms with Crippen LogP contribution in [0.25, 0.3) is 0 Å². The minimum atomic E-state index is -0.123. The van der Waals surface area contributed by atoms with E-state index in [1.807, 2.05) is 18.2 Å². The minimum absolute atomic E-state index is 0.00857. The molecule has 0 atom stereocenters. The second-order valence-electron chi connectivity index (χ2n) is 5.93. The van der Waals surface area contributed by atoms with Gasteiger partial charge >= 0.3 is 0 Å². The van der Waals surface area contributed by atoms with Gasteiger partial charge in [0.2, 0.25) is 5.91 Å². The predicted molar refractivity (Wildman–Crippen MR) is 85.4 cm³/mol. The van der Waals surface area contributed by atoms with E-state index < -0.39 is 0 Å². The fourth-order valence-corrected chi connectivity index (χ4v) is 3.07. The van der Waals surface area contributed by atoms with E-state index in [9.17, 15) is 9.18 Å². The summed E-state index contributed by atoms with van der Waals surface area (Å²) in [5.41, 5.74) is 0.800. The summed E-state index contributed by atoms with van der Waals surface area (Å²) in [7, 11) is 0. The highest BCUT2D eigenvalue weighted by Crippen LogP contribution is 2.29. The van der Waals surface area contributed by atoms with Gasteiger partial charge in [-0.1, -0.05) is 18.2 Å². The molecule has 0 bridgehead atoms. The highest BCUT2D eigenvalue weighted by atomic mass is 19.1. The summed E-state index contributed by atoms with van der Waals surface area (Å²) in [6.07, 6.45) is 3.35. The Kier molecular flexibility index (Phi) is 5.08. The lowest BCUT2D eigenvalue weighted by Gasteiger charge is -2.31. The Bertz CT molecular complexity index is 634. The number of nitrogens with one attached hydrogen (secondary N) is 1. The fraction of sp³-hybridized carbons (Fsp3) is 0.389. The molecule has 1 aromatic carbocycles. The average molecular weight is 316 g/mol. The summed E-state index contributed by atoms with van der Waals surface area (Å²) in [4.78, 5) is 14.1. The topological polar surface area (TPSA) is 45.5 Å². The van der Waals surface area contributed by atoms with Gasteiger partial charge in [0, 0.05) is 0 Å². The molecule has 0 unspecified atom stereocenters. The van der Waals surface area contributed by atoms with Gasteiger partial charge in [-0.15, -0.1) is 0 Å². The molecule has 3 rings (SSSR count). The second-order valence-corrected chi connectivity index (χ2v) is 5.93. The van der Waals surface area contributed by atoms with E-state index in [4.69, 9.17) is 4.42 Å². The molecule has 2 aromatic rings. The number of hydrogen-bond acceptors (Lipinski definition) is 3. The summed E-state index contributed by atoms with van der Waals surface area (Å²) in [5, 5.41) is 2.85. The Morgan fingerprint density at radius 1 is 1.22 bits per heavy atom. The number of amides is 1. The van der Waals surface area contributed by atoms with Crippen LogP contribution in [0, 0.1) is 5.82 Å². The maximum atomic E-state index is 13.8. The van der Waals surface area contributed by atoms with Crippen molar-refractivity contribution in [1.29, 1.82) is 0 Å². The molecule has 1 saturated heterocycles. The van der Waals surface area contributed by atoms with Gasteiger partial charge in [-0.05, 0) is 55.6 Å². The van der Waals surface area contributed by atoms with Crippen molar-refractivity contribution >= 4 is 5.91 Å². The summed E-state index contributed by atoms with van der Waals surface area (Å²) in [6, 6.07) is 10.6. The van der Waals surface area contributed by atoms with Crippen molar-refractivity contribution < 1.29 is 13.6 Å². The van der Waals surface area contributed by atoms with Crippen molar-refractivity contribution in [3.8, 4) is 0 Å². The number of furan rings is 1. The number of benzene rings is 1. The zero-order valence-electron chi connectivity index (χ0n) is 13.0. The van der Waals surface area contributed by atoms with Crippen LogP contribution in [0.1, 0.15) is 30.1 Å². The molecule has 1 amide bonds. The molecule has 122 valence electrons. The van der Waals surface area contributed by atoms with Crippen molar-refractivity contribution in [1.82, 2.24) is 10.2 Å². The molecule has 1 aromatic heterocycles. The number of carbonyl (C=O) groups is 1. The van der Waals surface area contributed by atoms with Crippen molar-refractivity contribution in [3.63, 3.8) is 0 Å². The van der Waals surface area contributed by atoms with E-state index in [2.05, 4.69) is 10.2 Å². The maximum absolute atomic E-state index is 13.8. The van der Waals surface area contributed by atoms with E-state index in [0.29, 0.717) is 13.1 Å². The number of piperidine rings is 1. The SMILES string of the molecule is O=C(CN1CCC(c2ccccc2F)CC1)NCc1ccco1. The number of carbonyl (C=O) groups excluding carboxylic acids is 1. The quantitative estimate of drug-likeness (QED) is 0.922. The van der Waals surface area contributed by atoms with Gasteiger partial charge in [0.15, 0.2) is 0 Å². The molecule has 2 heterocycles. The molecule has 1 fully saturated rings. The smallest absolute Gasteiger partial charge is 0.234 e. The standard InChI is InChI=1S/C18H21FN2O2/c19-17-6-2-1-5-16(17)14-7-9-21(10-8-14)13-18(22)20-12-15-4-3-11-23-15/h1-6,11,14H,7-10,12-13H2,(H,20,22). The number of nitrogens with zero attached hydrogens (tertiary/aromatic N) is 1. The van der Waals surface area contributed by atoms with Gasteiger partial charge in [-0.25, -0.2) is 4.39 Å². The Balaban J connectivity index is 1.44. The predicted octanol–water partition coefficient (Wildman–Crippen LogP) is 2.91. The Labute approximate surface area is 135 Å². The highest BCUT2D eigenvalue weighted by Gasteiger charge is 2.23. The fourth-order valence-electron chi connectivity index (χ4n) is 3.07. The van der Waals surface area contributed by atoms with Crippen LogP contribution in [0.3, 0.4) is 0 Å². The van der Waals surface area contributed by atoms with Crippen molar-refractivity contribution in [2.45, 2.75) is 25.3 Å². The molecular weight excluding hydrogens is 295 g/mol. The first-order valence-corrected chi connectivity index (χ1v) is 7.98. The van der Waals surface area contributed by atoms with Crippen LogP contribution >= 0.6 is 0 Å². The molecule has 0 radical (unpaired) electrons. The van der Waals surface area contributed by atoms with Crippen LogP contribution in [0.2, 0.25) is 0 Å². The van der Waals surface area contributed by atoms with Gasteiger partial charge in [0.1, 0.15) is 11.6 Å². The third-order valence-electron chi connectivity index (χ3n) is 4.34. The lowest BCUT2D eigenvalue weighted by atomic mass is 9.89. The number of halogens is 1. The molecule has 1 aliphatic heterocycles. The first-order chi connectivity index (χ1) is 11.2. The Hall–Kier alpha value is -2.14. The normalized spacial score (nSPS) is 16.4. The van der Waals surface area contributed by atoms with Crippen LogP contribution in [-0.4, -0.2) is 30.4 Å². The van der Waals surface area contributed by atoms with Crippen LogP contribution < -0.4 is 5.32 Å². The van der Waals surface area contributed by atoms with Crippen molar-refractivity contribution in [3.05, 3.63) is 59.8 Å². The minimum Gasteiger partial charge on any atom is -0.467 e. The second kappa shape index (κ2) is 7.42. The monoisotopic (exact) mass is 316 g/mol. The Morgan fingerprint density at radius 3 is 2.70 bits per heavy atom. The zero-order chi connectivity index (χ0) is 16.1. The third-order valence-corrected chi connectivity index (χ3v) is 4.34. The number of likely N-dealkylation sites (tertiary alicyclic amines) is 1. The molecular formula is C18H21FN2O2. The van der Waals surface area contributed by atoms with Gasteiger partial charge in [0.05, 0.1) is 19.4 Å². The molecule has 23 heavy (non-hydrogen) atoms. The first kappa shape index (κ1) is 15.7.